The van der Waals surface area contributed by atoms with Crippen LogP contribution < -0.4 is 0 Å². The van der Waals surface area contributed by atoms with Crippen molar-refractivity contribution >= 4 is 17.4 Å². The molecular formula is C18H16O. The van der Waals surface area contributed by atoms with Gasteiger partial charge < -0.3 is 0 Å². The van der Waals surface area contributed by atoms with Crippen molar-refractivity contribution in [1.29, 1.82) is 0 Å². The Balaban J connectivity index is 1.88. The van der Waals surface area contributed by atoms with Crippen LogP contribution in [0.5, 0.6) is 0 Å². The van der Waals surface area contributed by atoms with Crippen LogP contribution >= 0.6 is 0 Å². The minimum Gasteiger partial charge on any atom is -0.294 e. The second-order valence-corrected chi connectivity index (χ2v) is 4.90. The third kappa shape index (κ3) is 2.24. The third-order valence-corrected chi connectivity index (χ3v) is 3.66. The van der Waals surface area contributed by atoms with Crippen molar-refractivity contribution in [2.24, 2.45) is 0 Å². The molecule has 1 aliphatic rings. The van der Waals surface area contributed by atoms with Crippen LogP contribution in [0, 0.1) is 0 Å². The maximum absolute atomic E-state index is 11.6. The Kier molecular flexibility index (Phi) is 3.04. The lowest BCUT2D eigenvalue weighted by atomic mass is 10.0. The van der Waals surface area contributed by atoms with Gasteiger partial charge in [-0.15, -0.1) is 0 Å². The number of carbonyl (C=O) groups is 1. The van der Waals surface area contributed by atoms with Crippen molar-refractivity contribution in [3.05, 3.63) is 70.8 Å². The van der Waals surface area contributed by atoms with Crippen LogP contribution in [0.15, 0.2) is 48.5 Å². The molecule has 1 aliphatic carbocycles. The molecule has 0 saturated heterocycles. The van der Waals surface area contributed by atoms with Gasteiger partial charge in [-0.2, -0.15) is 0 Å². The van der Waals surface area contributed by atoms with Crippen molar-refractivity contribution in [2.45, 2.75) is 19.8 Å². The first-order chi connectivity index (χ1) is 9.28. The molecule has 0 aliphatic heterocycles. The molecule has 0 radical (unpaired) electrons. The molecule has 1 heteroatoms. The zero-order valence-corrected chi connectivity index (χ0v) is 11.0. The third-order valence-electron chi connectivity index (χ3n) is 3.66. The van der Waals surface area contributed by atoms with Gasteiger partial charge in [0.1, 0.15) is 0 Å². The molecule has 0 atom stereocenters. The van der Waals surface area contributed by atoms with Crippen LogP contribution in [-0.2, 0) is 6.42 Å². The monoisotopic (exact) mass is 248 g/mol. The number of hydrogen-bond acceptors (Lipinski definition) is 1. The first-order valence-electron chi connectivity index (χ1n) is 6.70. The van der Waals surface area contributed by atoms with E-state index in [9.17, 15) is 4.79 Å². The van der Waals surface area contributed by atoms with Gasteiger partial charge in [-0.3, -0.25) is 4.79 Å². The highest BCUT2D eigenvalue weighted by atomic mass is 16.1. The summed E-state index contributed by atoms with van der Waals surface area (Å²) in [7, 11) is 0. The standard InChI is InChI=1S/C18H16O/c1-2-18(19)14-9-7-13(8-10-14)17-11-15-5-3-4-6-16(15)12-17/h3-11H,2,12H2,1H3. The molecule has 2 aromatic carbocycles. The largest absolute Gasteiger partial charge is 0.294 e. The van der Waals surface area contributed by atoms with Crippen molar-refractivity contribution in [3.63, 3.8) is 0 Å². The quantitative estimate of drug-likeness (QED) is 0.737. The zero-order chi connectivity index (χ0) is 13.2. The molecule has 94 valence electrons. The molecule has 0 unspecified atom stereocenters. The molecule has 0 aromatic heterocycles. The van der Waals surface area contributed by atoms with Gasteiger partial charge in [-0.25, -0.2) is 0 Å². The molecule has 0 saturated carbocycles. The summed E-state index contributed by atoms with van der Waals surface area (Å²) in [6.45, 7) is 1.90. The Morgan fingerprint density at radius 2 is 1.79 bits per heavy atom. The van der Waals surface area contributed by atoms with E-state index in [0.717, 1.165) is 12.0 Å². The Morgan fingerprint density at radius 3 is 2.47 bits per heavy atom. The van der Waals surface area contributed by atoms with Crippen molar-refractivity contribution in [1.82, 2.24) is 0 Å². The summed E-state index contributed by atoms with van der Waals surface area (Å²) in [5.74, 6) is 0.204. The van der Waals surface area contributed by atoms with Gasteiger partial charge in [0.15, 0.2) is 5.78 Å². The van der Waals surface area contributed by atoms with E-state index in [4.69, 9.17) is 0 Å². The van der Waals surface area contributed by atoms with Crippen LogP contribution in [0.2, 0.25) is 0 Å². The maximum Gasteiger partial charge on any atom is 0.162 e. The Bertz CT molecular complexity index is 648. The Hall–Kier alpha value is -2.15. The van der Waals surface area contributed by atoms with Gasteiger partial charge in [0.25, 0.3) is 0 Å². The summed E-state index contributed by atoms with van der Waals surface area (Å²) < 4.78 is 0. The van der Waals surface area contributed by atoms with Gasteiger partial charge >= 0.3 is 0 Å². The average Bonchev–Trinajstić information content (AvgIpc) is 2.90. The maximum atomic E-state index is 11.6. The minimum absolute atomic E-state index is 0.204. The van der Waals surface area contributed by atoms with Gasteiger partial charge in [0.2, 0.25) is 0 Å². The van der Waals surface area contributed by atoms with E-state index < -0.39 is 0 Å². The number of fused-ring (bicyclic) bond motifs is 1. The number of Topliss-reactive ketones (excluding diaryl/α,β-unsaturated/α-hetero) is 1. The van der Waals surface area contributed by atoms with Gasteiger partial charge in [0, 0.05) is 12.0 Å². The highest BCUT2D eigenvalue weighted by molar-refractivity contribution is 5.96. The number of rotatable bonds is 3. The number of hydrogen-bond donors (Lipinski definition) is 0. The molecule has 0 amide bonds. The van der Waals surface area contributed by atoms with E-state index in [1.807, 2.05) is 19.1 Å². The summed E-state index contributed by atoms with van der Waals surface area (Å²) in [4.78, 5) is 11.6. The fourth-order valence-electron chi connectivity index (χ4n) is 2.54. The van der Waals surface area contributed by atoms with Crippen molar-refractivity contribution < 1.29 is 4.79 Å². The van der Waals surface area contributed by atoms with Crippen molar-refractivity contribution in [3.8, 4) is 0 Å². The summed E-state index contributed by atoms with van der Waals surface area (Å²) in [5, 5.41) is 0. The molecule has 0 bridgehead atoms. The molecule has 19 heavy (non-hydrogen) atoms. The van der Waals surface area contributed by atoms with E-state index in [-0.39, 0.29) is 5.78 Å². The predicted molar refractivity (Wildman–Crippen MR) is 79.1 cm³/mol. The van der Waals surface area contributed by atoms with Crippen LogP contribution in [0.25, 0.3) is 11.6 Å². The van der Waals surface area contributed by atoms with E-state index in [0.29, 0.717) is 6.42 Å². The summed E-state index contributed by atoms with van der Waals surface area (Å²) in [6, 6.07) is 16.5. The Labute approximate surface area is 113 Å². The van der Waals surface area contributed by atoms with Crippen molar-refractivity contribution in [2.75, 3.05) is 0 Å². The highest BCUT2D eigenvalue weighted by Gasteiger charge is 2.13. The molecule has 1 nitrogen and oxygen atoms in total. The number of ketones is 1. The lowest BCUT2D eigenvalue weighted by Gasteiger charge is -2.04. The SMILES string of the molecule is CCC(=O)c1ccc(C2=Cc3ccccc3C2)cc1. The minimum atomic E-state index is 0.204. The van der Waals surface area contributed by atoms with Crippen LogP contribution in [0.4, 0.5) is 0 Å². The fourth-order valence-corrected chi connectivity index (χ4v) is 2.54. The van der Waals surface area contributed by atoms with Gasteiger partial charge in [-0.1, -0.05) is 61.5 Å². The first-order valence-corrected chi connectivity index (χ1v) is 6.70. The van der Waals surface area contributed by atoms with E-state index in [2.05, 4.69) is 42.5 Å². The molecule has 0 heterocycles. The molecule has 0 N–H and O–H groups in total. The summed E-state index contributed by atoms with van der Waals surface area (Å²) in [5.41, 5.74) is 6.04. The fraction of sp³-hybridized carbons (Fsp3) is 0.167. The average molecular weight is 248 g/mol. The molecule has 0 spiro atoms. The Morgan fingerprint density at radius 1 is 1.05 bits per heavy atom. The predicted octanol–water partition coefficient (Wildman–Crippen LogP) is 4.38. The second-order valence-electron chi connectivity index (χ2n) is 4.90. The van der Waals surface area contributed by atoms with Crippen LogP contribution in [-0.4, -0.2) is 5.78 Å². The molecular weight excluding hydrogens is 232 g/mol. The summed E-state index contributed by atoms with van der Waals surface area (Å²) >= 11 is 0. The zero-order valence-electron chi connectivity index (χ0n) is 11.0. The van der Waals surface area contributed by atoms with E-state index in [1.54, 1.807) is 0 Å². The molecule has 3 rings (SSSR count). The smallest absolute Gasteiger partial charge is 0.162 e. The van der Waals surface area contributed by atoms with Crippen LogP contribution in [0.3, 0.4) is 0 Å². The summed E-state index contributed by atoms with van der Waals surface area (Å²) in [6.07, 6.45) is 3.79. The number of allylic oxidation sites excluding steroid dienone is 1. The lowest BCUT2D eigenvalue weighted by Crippen LogP contribution is -1.96. The van der Waals surface area contributed by atoms with Gasteiger partial charge in [0.05, 0.1) is 0 Å². The number of carbonyl (C=O) groups excluding carboxylic acids is 1. The lowest BCUT2D eigenvalue weighted by molar-refractivity contribution is 0.0988. The number of benzene rings is 2. The topological polar surface area (TPSA) is 17.1 Å². The highest BCUT2D eigenvalue weighted by Crippen LogP contribution is 2.31. The first kappa shape index (κ1) is 11.9. The normalized spacial score (nSPS) is 13.0. The van der Waals surface area contributed by atoms with E-state index in [1.165, 1.54) is 22.3 Å². The second kappa shape index (κ2) is 4.85. The van der Waals surface area contributed by atoms with E-state index >= 15 is 0 Å². The van der Waals surface area contributed by atoms with Crippen LogP contribution in [0.1, 0.15) is 40.4 Å². The van der Waals surface area contributed by atoms with Gasteiger partial charge in [-0.05, 0) is 28.7 Å². The molecule has 2 aromatic rings. The molecule has 0 fully saturated rings.